The molecule has 0 aliphatic heterocycles. The van der Waals surface area contributed by atoms with Gasteiger partial charge in [0, 0.05) is 5.92 Å². The van der Waals surface area contributed by atoms with Crippen LogP contribution in [0.1, 0.15) is 6.42 Å². The number of hydrogen-bond acceptors (Lipinski definition) is 6. The molecule has 1 amide bonds. The van der Waals surface area contributed by atoms with Crippen molar-refractivity contribution in [2.75, 3.05) is 26.6 Å². The van der Waals surface area contributed by atoms with Crippen LogP contribution in [0.15, 0.2) is 0 Å². The van der Waals surface area contributed by atoms with E-state index in [4.69, 9.17) is 20.4 Å². The number of ether oxygens (including phenoxy) is 1. The molecule has 0 heterocycles. The molecule has 1 atom stereocenters. The molecule has 0 aromatic carbocycles. The highest BCUT2D eigenvalue weighted by atomic mass is 17.1. The standard InChI is InChI=1S/C7H15NO7/c9-7(10)8-5-13-3-6(4-15-12)1-2-14-11/h6,8,11-12H,1-5H2,(H,9,10). The summed E-state index contributed by atoms with van der Waals surface area (Å²) < 4.78 is 4.94. The lowest BCUT2D eigenvalue weighted by atomic mass is 10.1. The number of carboxylic acid groups (broad SMARTS) is 1. The molecule has 0 fully saturated rings. The Labute approximate surface area is 86.2 Å². The van der Waals surface area contributed by atoms with Crippen molar-refractivity contribution in [2.24, 2.45) is 5.92 Å². The highest BCUT2D eigenvalue weighted by Gasteiger charge is 2.09. The van der Waals surface area contributed by atoms with Crippen LogP contribution in [0.3, 0.4) is 0 Å². The first-order chi connectivity index (χ1) is 7.20. The van der Waals surface area contributed by atoms with Gasteiger partial charge in [-0.2, -0.15) is 0 Å². The Morgan fingerprint density at radius 3 is 2.53 bits per heavy atom. The van der Waals surface area contributed by atoms with Crippen molar-refractivity contribution in [3.05, 3.63) is 0 Å². The molecule has 15 heavy (non-hydrogen) atoms. The first-order valence-corrected chi connectivity index (χ1v) is 4.28. The van der Waals surface area contributed by atoms with Gasteiger partial charge < -0.3 is 9.84 Å². The fourth-order valence-electron chi connectivity index (χ4n) is 0.878. The first-order valence-electron chi connectivity index (χ1n) is 4.28. The zero-order chi connectivity index (χ0) is 11.5. The average molecular weight is 225 g/mol. The quantitative estimate of drug-likeness (QED) is 0.192. The van der Waals surface area contributed by atoms with E-state index in [0.717, 1.165) is 0 Å². The maximum absolute atomic E-state index is 10.0. The van der Waals surface area contributed by atoms with E-state index in [2.05, 4.69) is 9.78 Å². The molecule has 0 rings (SSSR count). The van der Waals surface area contributed by atoms with Gasteiger partial charge in [-0.25, -0.2) is 14.6 Å². The van der Waals surface area contributed by atoms with Gasteiger partial charge in [0.25, 0.3) is 0 Å². The van der Waals surface area contributed by atoms with Gasteiger partial charge in [-0.05, 0) is 6.42 Å². The molecule has 1 unspecified atom stereocenters. The van der Waals surface area contributed by atoms with Crippen LogP contribution in [0.2, 0.25) is 0 Å². The summed E-state index contributed by atoms with van der Waals surface area (Å²) in [4.78, 5) is 17.8. The second kappa shape index (κ2) is 9.62. The van der Waals surface area contributed by atoms with Crippen LogP contribution < -0.4 is 5.32 Å². The first kappa shape index (κ1) is 14.1. The molecule has 0 aliphatic carbocycles. The van der Waals surface area contributed by atoms with Crippen LogP contribution in [0.4, 0.5) is 4.79 Å². The van der Waals surface area contributed by atoms with E-state index in [1.165, 1.54) is 0 Å². The van der Waals surface area contributed by atoms with Crippen molar-refractivity contribution in [3.8, 4) is 0 Å². The van der Waals surface area contributed by atoms with Crippen molar-refractivity contribution < 1.29 is 34.9 Å². The number of carbonyl (C=O) groups is 1. The molecule has 0 aromatic heterocycles. The minimum atomic E-state index is -1.18. The summed E-state index contributed by atoms with van der Waals surface area (Å²) in [7, 11) is 0. The monoisotopic (exact) mass is 225 g/mol. The van der Waals surface area contributed by atoms with Crippen molar-refractivity contribution in [2.45, 2.75) is 6.42 Å². The van der Waals surface area contributed by atoms with E-state index in [-0.39, 0.29) is 32.5 Å². The molecule has 0 saturated heterocycles. The summed E-state index contributed by atoms with van der Waals surface area (Å²) in [5, 5.41) is 26.5. The van der Waals surface area contributed by atoms with E-state index in [1.807, 2.05) is 5.32 Å². The fraction of sp³-hybridized carbons (Fsp3) is 0.857. The maximum atomic E-state index is 10.0. The van der Waals surface area contributed by atoms with Crippen LogP contribution in [-0.2, 0) is 14.5 Å². The highest BCUT2D eigenvalue weighted by molar-refractivity contribution is 5.64. The summed E-state index contributed by atoms with van der Waals surface area (Å²) in [6.45, 7) is 0.154. The summed E-state index contributed by atoms with van der Waals surface area (Å²) in [5.41, 5.74) is 0. The summed E-state index contributed by atoms with van der Waals surface area (Å²) in [6, 6.07) is 0. The fourth-order valence-corrected chi connectivity index (χ4v) is 0.878. The number of nitrogens with one attached hydrogen (secondary N) is 1. The lowest BCUT2D eigenvalue weighted by molar-refractivity contribution is -0.264. The van der Waals surface area contributed by atoms with Crippen LogP contribution in [-0.4, -0.2) is 48.3 Å². The minimum Gasteiger partial charge on any atom is -0.465 e. The zero-order valence-electron chi connectivity index (χ0n) is 8.09. The van der Waals surface area contributed by atoms with Gasteiger partial charge in [0.15, 0.2) is 0 Å². The van der Waals surface area contributed by atoms with E-state index in [1.54, 1.807) is 0 Å². The third-order valence-corrected chi connectivity index (χ3v) is 1.61. The van der Waals surface area contributed by atoms with Crippen LogP contribution in [0.5, 0.6) is 0 Å². The van der Waals surface area contributed by atoms with Gasteiger partial charge >= 0.3 is 6.09 Å². The number of hydrogen-bond donors (Lipinski definition) is 4. The van der Waals surface area contributed by atoms with Gasteiger partial charge in [-0.1, -0.05) is 0 Å². The van der Waals surface area contributed by atoms with Crippen LogP contribution in [0.25, 0.3) is 0 Å². The predicted octanol–water partition coefficient (Wildman–Crippen LogP) is 0.214. The largest absolute Gasteiger partial charge is 0.465 e. The SMILES string of the molecule is O=C(O)NCOCC(CCOO)COO. The second-order valence-electron chi connectivity index (χ2n) is 2.78. The van der Waals surface area contributed by atoms with Gasteiger partial charge in [-0.3, -0.25) is 15.8 Å². The Balaban J connectivity index is 3.51. The number of rotatable bonds is 9. The Hall–Kier alpha value is -0.930. The van der Waals surface area contributed by atoms with Gasteiger partial charge in [-0.15, -0.1) is 0 Å². The van der Waals surface area contributed by atoms with Gasteiger partial charge in [0.2, 0.25) is 0 Å². The third kappa shape index (κ3) is 9.38. The maximum Gasteiger partial charge on any atom is 0.406 e. The van der Waals surface area contributed by atoms with Crippen molar-refractivity contribution in [1.29, 1.82) is 0 Å². The number of amides is 1. The molecule has 0 aliphatic rings. The summed E-state index contributed by atoms with van der Waals surface area (Å²) >= 11 is 0. The third-order valence-electron chi connectivity index (χ3n) is 1.61. The van der Waals surface area contributed by atoms with Crippen LogP contribution in [0, 0.1) is 5.92 Å². The Bertz CT molecular complexity index is 165. The highest BCUT2D eigenvalue weighted by Crippen LogP contribution is 2.04. The Morgan fingerprint density at radius 2 is 2.00 bits per heavy atom. The second-order valence-corrected chi connectivity index (χ2v) is 2.78. The van der Waals surface area contributed by atoms with Crippen molar-refractivity contribution in [3.63, 3.8) is 0 Å². The molecule has 0 saturated carbocycles. The van der Waals surface area contributed by atoms with E-state index in [0.29, 0.717) is 6.42 Å². The topological polar surface area (TPSA) is 117 Å². The smallest absolute Gasteiger partial charge is 0.406 e. The molecule has 0 bridgehead atoms. The van der Waals surface area contributed by atoms with Gasteiger partial charge in [0.1, 0.15) is 6.73 Å². The average Bonchev–Trinajstić information content (AvgIpc) is 2.20. The molecule has 8 nitrogen and oxygen atoms in total. The van der Waals surface area contributed by atoms with Crippen molar-refractivity contribution in [1.82, 2.24) is 5.32 Å². The minimum absolute atomic E-state index is 0.0242. The molecule has 90 valence electrons. The molecular weight excluding hydrogens is 210 g/mol. The summed E-state index contributed by atoms with van der Waals surface area (Å²) in [5.74, 6) is -0.183. The molecular formula is C7H15NO7. The van der Waals surface area contributed by atoms with E-state index >= 15 is 0 Å². The van der Waals surface area contributed by atoms with E-state index < -0.39 is 6.09 Å². The lowest BCUT2D eigenvalue weighted by Crippen LogP contribution is -2.26. The van der Waals surface area contributed by atoms with E-state index in [9.17, 15) is 4.79 Å². The molecule has 0 aromatic rings. The summed E-state index contributed by atoms with van der Waals surface area (Å²) in [6.07, 6.45) is -0.756. The predicted molar refractivity (Wildman–Crippen MR) is 47.2 cm³/mol. The molecule has 8 heteroatoms. The van der Waals surface area contributed by atoms with Crippen molar-refractivity contribution >= 4 is 6.09 Å². The zero-order valence-corrected chi connectivity index (χ0v) is 8.09. The Morgan fingerprint density at radius 1 is 1.27 bits per heavy atom. The lowest BCUT2D eigenvalue weighted by Gasteiger charge is -2.14. The van der Waals surface area contributed by atoms with Gasteiger partial charge in [0.05, 0.1) is 19.8 Å². The Kier molecular flexibility index (Phi) is 9.02. The molecule has 0 spiro atoms. The van der Waals surface area contributed by atoms with Crippen LogP contribution >= 0.6 is 0 Å². The molecule has 4 N–H and O–H groups in total. The normalized spacial score (nSPS) is 12.4. The molecule has 0 radical (unpaired) electrons.